The van der Waals surface area contributed by atoms with E-state index in [2.05, 4.69) is 4.72 Å². The first-order valence-electron chi connectivity index (χ1n) is 7.91. The summed E-state index contributed by atoms with van der Waals surface area (Å²) in [7, 11) is -3.32. The molecule has 1 N–H and O–H groups in total. The van der Waals surface area contributed by atoms with Crippen molar-refractivity contribution in [2.45, 2.75) is 19.9 Å². The first kappa shape index (κ1) is 17.0. The third kappa shape index (κ3) is 3.49. The van der Waals surface area contributed by atoms with Crippen LogP contribution in [-0.4, -0.2) is 51.4 Å². The Bertz CT molecular complexity index is 747. The van der Waals surface area contributed by atoms with Gasteiger partial charge in [0.2, 0.25) is 16.8 Å². The number of amides is 1. The zero-order chi connectivity index (χ0) is 17.5. The largest absolute Gasteiger partial charge is 0.454 e. The number of nitrogens with zero attached hydrogens (tertiary/aromatic N) is 1. The lowest BCUT2D eigenvalue weighted by molar-refractivity contribution is 0.0782. The van der Waals surface area contributed by atoms with E-state index in [1.807, 2.05) is 13.8 Å². The summed E-state index contributed by atoms with van der Waals surface area (Å²) < 4.78 is 36.4. The van der Waals surface area contributed by atoms with E-state index in [1.54, 1.807) is 23.1 Å². The van der Waals surface area contributed by atoms with Gasteiger partial charge in [-0.3, -0.25) is 4.79 Å². The number of rotatable bonds is 4. The minimum atomic E-state index is -3.32. The fourth-order valence-corrected chi connectivity index (χ4v) is 4.08. The van der Waals surface area contributed by atoms with Crippen molar-refractivity contribution in [2.75, 3.05) is 26.1 Å². The third-order valence-corrected chi connectivity index (χ3v) is 5.22. The van der Waals surface area contributed by atoms with Crippen molar-refractivity contribution in [3.63, 3.8) is 0 Å². The number of fused-ring (bicyclic) bond motifs is 1. The van der Waals surface area contributed by atoms with Gasteiger partial charge in [-0.25, -0.2) is 13.1 Å². The lowest BCUT2D eigenvalue weighted by atomic mass is 9.92. The van der Waals surface area contributed by atoms with Gasteiger partial charge >= 0.3 is 0 Å². The lowest BCUT2D eigenvalue weighted by Crippen LogP contribution is -2.41. The zero-order valence-corrected chi connectivity index (χ0v) is 14.8. The Morgan fingerprint density at radius 1 is 1.25 bits per heavy atom. The van der Waals surface area contributed by atoms with Crippen LogP contribution < -0.4 is 14.2 Å². The standard InChI is InChI=1S/C16H22N2O5S/c1-10(2)12-7-18(8-13(12)17-24(3,20)21)16(19)11-4-5-14-15(6-11)23-9-22-14/h4-6,10,12-13,17H,7-9H2,1-3H3/t12-,13+/m0/s1. The molecular formula is C16H22N2O5S. The van der Waals surface area contributed by atoms with Gasteiger partial charge in [0.25, 0.3) is 5.91 Å². The van der Waals surface area contributed by atoms with Gasteiger partial charge in [-0.1, -0.05) is 13.8 Å². The Labute approximate surface area is 142 Å². The Hall–Kier alpha value is -1.80. The van der Waals surface area contributed by atoms with Crippen LogP contribution in [0.1, 0.15) is 24.2 Å². The number of nitrogens with one attached hydrogen (secondary N) is 1. The maximum Gasteiger partial charge on any atom is 0.254 e. The summed E-state index contributed by atoms with van der Waals surface area (Å²) in [6, 6.07) is 4.83. The molecule has 8 heteroatoms. The van der Waals surface area contributed by atoms with Crippen LogP contribution in [0.2, 0.25) is 0 Å². The molecule has 0 aliphatic carbocycles. The van der Waals surface area contributed by atoms with Gasteiger partial charge in [-0.15, -0.1) is 0 Å². The maximum absolute atomic E-state index is 12.8. The molecule has 2 atom stereocenters. The molecule has 1 aromatic carbocycles. The highest BCUT2D eigenvalue weighted by Gasteiger charge is 2.38. The van der Waals surface area contributed by atoms with Crippen LogP contribution >= 0.6 is 0 Å². The van der Waals surface area contributed by atoms with Crippen LogP contribution in [0.4, 0.5) is 0 Å². The Balaban J connectivity index is 1.78. The summed E-state index contributed by atoms with van der Waals surface area (Å²) in [5.41, 5.74) is 0.516. The normalized spacial score (nSPS) is 23.1. The van der Waals surface area contributed by atoms with Gasteiger partial charge in [0, 0.05) is 24.7 Å². The average molecular weight is 354 g/mol. The zero-order valence-electron chi connectivity index (χ0n) is 14.0. The molecule has 24 heavy (non-hydrogen) atoms. The summed E-state index contributed by atoms with van der Waals surface area (Å²) >= 11 is 0. The van der Waals surface area contributed by atoms with Gasteiger partial charge in [0.05, 0.1) is 6.26 Å². The van der Waals surface area contributed by atoms with Crippen molar-refractivity contribution >= 4 is 15.9 Å². The van der Waals surface area contributed by atoms with Crippen molar-refractivity contribution < 1.29 is 22.7 Å². The molecule has 1 aromatic rings. The number of sulfonamides is 1. The highest BCUT2D eigenvalue weighted by molar-refractivity contribution is 7.88. The van der Waals surface area contributed by atoms with E-state index in [0.717, 1.165) is 6.26 Å². The Morgan fingerprint density at radius 3 is 2.62 bits per heavy atom. The summed E-state index contributed by atoms with van der Waals surface area (Å²) in [6.45, 7) is 5.13. The molecule has 7 nitrogen and oxygen atoms in total. The Morgan fingerprint density at radius 2 is 1.96 bits per heavy atom. The van der Waals surface area contributed by atoms with Crippen molar-refractivity contribution in [2.24, 2.45) is 11.8 Å². The number of likely N-dealkylation sites (tertiary alicyclic amines) is 1. The highest BCUT2D eigenvalue weighted by Crippen LogP contribution is 2.33. The van der Waals surface area contributed by atoms with E-state index in [-0.39, 0.29) is 30.6 Å². The maximum atomic E-state index is 12.8. The molecule has 0 bridgehead atoms. The summed E-state index contributed by atoms with van der Waals surface area (Å²) in [5, 5.41) is 0. The topological polar surface area (TPSA) is 84.9 Å². The quantitative estimate of drug-likeness (QED) is 0.874. The number of carbonyl (C=O) groups is 1. The smallest absolute Gasteiger partial charge is 0.254 e. The first-order chi connectivity index (χ1) is 11.2. The van der Waals surface area contributed by atoms with E-state index < -0.39 is 10.0 Å². The second-order valence-electron chi connectivity index (χ2n) is 6.68. The molecule has 2 heterocycles. The lowest BCUT2D eigenvalue weighted by Gasteiger charge is -2.21. The van der Waals surface area contributed by atoms with E-state index in [4.69, 9.17) is 9.47 Å². The van der Waals surface area contributed by atoms with Crippen molar-refractivity contribution in [3.8, 4) is 11.5 Å². The molecule has 0 spiro atoms. The predicted octanol–water partition coefficient (Wildman–Crippen LogP) is 1.06. The number of hydrogen-bond donors (Lipinski definition) is 1. The molecule has 0 saturated carbocycles. The minimum absolute atomic E-state index is 0.0812. The van der Waals surface area contributed by atoms with E-state index in [9.17, 15) is 13.2 Å². The predicted molar refractivity (Wildman–Crippen MR) is 88.6 cm³/mol. The van der Waals surface area contributed by atoms with Crippen molar-refractivity contribution in [3.05, 3.63) is 23.8 Å². The van der Waals surface area contributed by atoms with Crippen molar-refractivity contribution in [1.82, 2.24) is 9.62 Å². The molecule has 0 unspecified atom stereocenters. The monoisotopic (exact) mass is 354 g/mol. The second-order valence-corrected chi connectivity index (χ2v) is 8.46. The van der Waals surface area contributed by atoms with Crippen LogP contribution in [0.5, 0.6) is 11.5 Å². The Kier molecular flexibility index (Phi) is 4.44. The SMILES string of the molecule is CC(C)[C@@H]1CN(C(=O)c2ccc3c(c2)OCO3)C[C@H]1NS(C)(=O)=O. The molecule has 2 aliphatic heterocycles. The summed E-state index contributed by atoms with van der Waals surface area (Å²) in [4.78, 5) is 14.5. The van der Waals surface area contributed by atoms with Crippen LogP contribution in [0.25, 0.3) is 0 Å². The molecular weight excluding hydrogens is 332 g/mol. The molecule has 1 fully saturated rings. The molecule has 2 aliphatic rings. The summed E-state index contributed by atoms with van der Waals surface area (Å²) in [5.74, 6) is 1.41. The number of ether oxygens (including phenoxy) is 2. The van der Waals surface area contributed by atoms with E-state index >= 15 is 0 Å². The van der Waals surface area contributed by atoms with E-state index in [1.165, 1.54) is 0 Å². The molecule has 1 saturated heterocycles. The minimum Gasteiger partial charge on any atom is -0.454 e. The highest BCUT2D eigenvalue weighted by atomic mass is 32.2. The number of hydrogen-bond acceptors (Lipinski definition) is 5. The molecule has 3 rings (SSSR count). The molecule has 0 aromatic heterocycles. The number of benzene rings is 1. The average Bonchev–Trinajstić information content (AvgIpc) is 3.10. The van der Waals surface area contributed by atoms with Crippen LogP contribution in [0, 0.1) is 11.8 Å². The molecule has 132 valence electrons. The van der Waals surface area contributed by atoms with Crippen LogP contribution in [0.3, 0.4) is 0 Å². The van der Waals surface area contributed by atoms with Crippen molar-refractivity contribution in [1.29, 1.82) is 0 Å². The number of carbonyl (C=O) groups excluding carboxylic acids is 1. The van der Waals surface area contributed by atoms with Crippen LogP contribution in [0.15, 0.2) is 18.2 Å². The van der Waals surface area contributed by atoms with Gasteiger partial charge in [-0.05, 0) is 30.0 Å². The van der Waals surface area contributed by atoms with E-state index in [0.29, 0.717) is 30.2 Å². The van der Waals surface area contributed by atoms with Gasteiger partial charge in [-0.2, -0.15) is 0 Å². The summed E-state index contributed by atoms with van der Waals surface area (Å²) in [6.07, 6.45) is 1.15. The molecule has 1 amide bonds. The van der Waals surface area contributed by atoms with Gasteiger partial charge in [0.1, 0.15) is 0 Å². The third-order valence-electron chi connectivity index (χ3n) is 4.49. The van der Waals surface area contributed by atoms with Gasteiger partial charge in [0.15, 0.2) is 11.5 Å². The molecule has 0 radical (unpaired) electrons. The second kappa shape index (κ2) is 6.25. The van der Waals surface area contributed by atoms with Crippen LogP contribution in [-0.2, 0) is 10.0 Å². The first-order valence-corrected chi connectivity index (χ1v) is 9.80. The fraction of sp³-hybridized carbons (Fsp3) is 0.562. The van der Waals surface area contributed by atoms with Gasteiger partial charge < -0.3 is 14.4 Å². The fourth-order valence-electron chi connectivity index (χ4n) is 3.28.